The zero-order valence-electron chi connectivity index (χ0n) is 15.0. The van der Waals surface area contributed by atoms with Crippen LogP contribution in [0.5, 0.6) is 5.75 Å². The number of carbonyl (C=O) groups is 3. The molecule has 0 saturated carbocycles. The zero-order chi connectivity index (χ0) is 19.1. The lowest BCUT2D eigenvalue weighted by Crippen LogP contribution is -2.37. The van der Waals surface area contributed by atoms with Gasteiger partial charge in [-0.3, -0.25) is 14.4 Å². The van der Waals surface area contributed by atoms with Crippen LogP contribution in [0.4, 0.5) is 4.39 Å². The monoisotopic (exact) mass is 366 g/mol. The van der Waals surface area contributed by atoms with E-state index in [1.54, 1.807) is 9.80 Å². The SMILES string of the molecule is COC(=O)CCC(=O)N1CCCN(C(=O)c2cc(F)ccc2OC)CC1. The molecule has 8 heteroatoms. The fourth-order valence-corrected chi connectivity index (χ4v) is 2.86. The molecule has 26 heavy (non-hydrogen) atoms. The molecule has 0 radical (unpaired) electrons. The Morgan fingerprint density at radius 3 is 2.42 bits per heavy atom. The molecule has 0 atom stereocenters. The summed E-state index contributed by atoms with van der Waals surface area (Å²) in [5, 5.41) is 0. The second-order valence-electron chi connectivity index (χ2n) is 5.95. The Balaban J connectivity index is 2.00. The molecular weight excluding hydrogens is 343 g/mol. The van der Waals surface area contributed by atoms with Crippen LogP contribution in [-0.4, -0.2) is 68.0 Å². The molecule has 0 spiro atoms. The van der Waals surface area contributed by atoms with Crippen molar-refractivity contribution in [3.63, 3.8) is 0 Å². The number of ether oxygens (including phenoxy) is 2. The van der Waals surface area contributed by atoms with Crippen LogP contribution < -0.4 is 4.74 Å². The minimum absolute atomic E-state index is 0.0367. The van der Waals surface area contributed by atoms with Crippen LogP contribution in [0, 0.1) is 5.82 Å². The Morgan fingerprint density at radius 1 is 1.04 bits per heavy atom. The lowest BCUT2D eigenvalue weighted by atomic mass is 10.1. The lowest BCUT2D eigenvalue weighted by molar-refractivity contribution is -0.143. The number of halogens is 1. The maximum atomic E-state index is 13.5. The molecular formula is C18H23FN2O5. The molecule has 1 fully saturated rings. The van der Waals surface area contributed by atoms with Gasteiger partial charge in [-0.1, -0.05) is 0 Å². The number of carbonyl (C=O) groups excluding carboxylic acids is 3. The Morgan fingerprint density at radius 2 is 1.73 bits per heavy atom. The highest BCUT2D eigenvalue weighted by Gasteiger charge is 2.25. The topological polar surface area (TPSA) is 76.2 Å². The summed E-state index contributed by atoms with van der Waals surface area (Å²) in [4.78, 5) is 39.3. The first-order valence-electron chi connectivity index (χ1n) is 8.43. The average Bonchev–Trinajstić information content (AvgIpc) is 2.91. The van der Waals surface area contributed by atoms with E-state index in [1.165, 1.54) is 26.4 Å². The molecule has 1 aromatic rings. The maximum Gasteiger partial charge on any atom is 0.306 e. The number of esters is 1. The molecule has 1 heterocycles. The van der Waals surface area contributed by atoms with Gasteiger partial charge in [0.1, 0.15) is 11.6 Å². The van der Waals surface area contributed by atoms with Crippen molar-refractivity contribution >= 4 is 17.8 Å². The predicted octanol–water partition coefficient (Wildman–Crippen LogP) is 1.46. The van der Waals surface area contributed by atoms with E-state index >= 15 is 0 Å². The summed E-state index contributed by atoms with van der Waals surface area (Å²) in [6.45, 7) is 1.66. The van der Waals surface area contributed by atoms with Crippen LogP contribution in [0.2, 0.25) is 0 Å². The zero-order valence-corrected chi connectivity index (χ0v) is 15.0. The van der Waals surface area contributed by atoms with Crippen molar-refractivity contribution in [3.05, 3.63) is 29.6 Å². The highest BCUT2D eigenvalue weighted by Crippen LogP contribution is 2.22. The summed E-state index contributed by atoms with van der Waals surface area (Å²) in [6, 6.07) is 3.81. The normalized spacial score (nSPS) is 14.6. The van der Waals surface area contributed by atoms with Crippen LogP contribution in [0.1, 0.15) is 29.6 Å². The number of hydrogen-bond donors (Lipinski definition) is 0. The molecule has 0 unspecified atom stereocenters. The second-order valence-corrected chi connectivity index (χ2v) is 5.95. The first-order chi connectivity index (χ1) is 12.5. The molecule has 1 aliphatic rings. The Bertz CT molecular complexity index is 680. The van der Waals surface area contributed by atoms with Gasteiger partial charge < -0.3 is 19.3 Å². The molecule has 0 N–H and O–H groups in total. The lowest BCUT2D eigenvalue weighted by Gasteiger charge is -2.23. The van der Waals surface area contributed by atoms with Crippen LogP contribution in [-0.2, 0) is 14.3 Å². The van der Waals surface area contributed by atoms with Crippen molar-refractivity contribution in [2.45, 2.75) is 19.3 Å². The molecule has 0 aromatic heterocycles. The van der Waals surface area contributed by atoms with E-state index in [9.17, 15) is 18.8 Å². The van der Waals surface area contributed by atoms with Crippen LogP contribution >= 0.6 is 0 Å². The average molecular weight is 366 g/mol. The Hall–Kier alpha value is -2.64. The molecule has 1 saturated heterocycles. The molecule has 7 nitrogen and oxygen atoms in total. The van der Waals surface area contributed by atoms with E-state index in [-0.39, 0.29) is 30.2 Å². The van der Waals surface area contributed by atoms with Gasteiger partial charge in [0.05, 0.1) is 26.2 Å². The van der Waals surface area contributed by atoms with Crippen LogP contribution in [0.15, 0.2) is 18.2 Å². The Labute approximate surface area is 151 Å². The van der Waals surface area contributed by atoms with Crippen molar-refractivity contribution in [3.8, 4) is 5.75 Å². The Kier molecular flexibility index (Phi) is 6.94. The maximum absolute atomic E-state index is 13.5. The summed E-state index contributed by atoms with van der Waals surface area (Å²) < 4.78 is 23.2. The van der Waals surface area contributed by atoms with Gasteiger partial charge in [0.15, 0.2) is 0 Å². The van der Waals surface area contributed by atoms with Gasteiger partial charge in [0.25, 0.3) is 5.91 Å². The number of methoxy groups -OCH3 is 2. The summed E-state index contributed by atoms with van der Waals surface area (Å²) in [5.41, 5.74) is 0.165. The van der Waals surface area contributed by atoms with Crippen molar-refractivity contribution in [2.24, 2.45) is 0 Å². The van der Waals surface area contributed by atoms with Gasteiger partial charge in [-0.2, -0.15) is 0 Å². The second kappa shape index (κ2) is 9.17. The van der Waals surface area contributed by atoms with Crippen molar-refractivity contribution in [1.82, 2.24) is 9.80 Å². The summed E-state index contributed by atoms with van der Waals surface area (Å²) in [6.07, 6.45) is 0.723. The number of hydrogen-bond acceptors (Lipinski definition) is 5. The van der Waals surface area contributed by atoms with E-state index in [2.05, 4.69) is 4.74 Å². The quantitative estimate of drug-likeness (QED) is 0.738. The van der Waals surface area contributed by atoms with E-state index in [1.807, 2.05) is 0 Å². The molecule has 1 aliphatic heterocycles. The third kappa shape index (κ3) is 4.93. The van der Waals surface area contributed by atoms with E-state index < -0.39 is 11.8 Å². The largest absolute Gasteiger partial charge is 0.496 e. The number of benzene rings is 1. The molecule has 142 valence electrons. The van der Waals surface area contributed by atoms with E-state index in [0.717, 1.165) is 6.07 Å². The van der Waals surface area contributed by atoms with E-state index in [0.29, 0.717) is 38.3 Å². The number of nitrogens with zero attached hydrogens (tertiary/aromatic N) is 2. The highest BCUT2D eigenvalue weighted by molar-refractivity contribution is 5.97. The minimum atomic E-state index is -0.511. The minimum Gasteiger partial charge on any atom is -0.496 e. The van der Waals surface area contributed by atoms with Crippen LogP contribution in [0.3, 0.4) is 0 Å². The molecule has 1 aromatic carbocycles. The van der Waals surface area contributed by atoms with Gasteiger partial charge in [0, 0.05) is 32.6 Å². The van der Waals surface area contributed by atoms with Gasteiger partial charge >= 0.3 is 5.97 Å². The molecule has 2 amide bonds. The third-order valence-electron chi connectivity index (χ3n) is 4.30. The fourth-order valence-electron chi connectivity index (χ4n) is 2.86. The van der Waals surface area contributed by atoms with E-state index in [4.69, 9.17) is 4.74 Å². The standard InChI is InChI=1S/C18H23FN2O5/c1-25-15-5-4-13(19)12-14(15)18(24)21-9-3-8-20(10-11-21)16(22)6-7-17(23)26-2/h4-5,12H,3,6-11H2,1-2H3. The number of amides is 2. The molecule has 2 rings (SSSR count). The fraction of sp³-hybridized carbons (Fsp3) is 0.500. The van der Waals surface area contributed by atoms with Gasteiger partial charge in [0.2, 0.25) is 5.91 Å². The molecule has 0 bridgehead atoms. The predicted molar refractivity (Wildman–Crippen MR) is 91.3 cm³/mol. The summed E-state index contributed by atoms with van der Waals surface area (Å²) in [5.74, 6) is -1.10. The summed E-state index contributed by atoms with van der Waals surface area (Å²) >= 11 is 0. The smallest absolute Gasteiger partial charge is 0.306 e. The molecule has 0 aliphatic carbocycles. The van der Waals surface area contributed by atoms with Crippen molar-refractivity contribution in [1.29, 1.82) is 0 Å². The first kappa shape index (κ1) is 19.7. The van der Waals surface area contributed by atoms with Crippen molar-refractivity contribution in [2.75, 3.05) is 40.4 Å². The van der Waals surface area contributed by atoms with Gasteiger partial charge in [-0.25, -0.2) is 4.39 Å². The summed E-state index contributed by atoms with van der Waals surface area (Å²) in [7, 11) is 2.71. The highest BCUT2D eigenvalue weighted by atomic mass is 19.1. The first-order valence-corrected chi connectivity index (χ1v) is 8.43. The van der Waals surface area contributed by atoms with Gasteiger partial charge in [-0.15, -0.1) is 0 Å². The van der Waals surface area contributed by atoms with Crippen LogP contribution in [0.25, 0.3) is 0 Å². The van der Waals surface area contributed by atoms with Crippen molar-refractivity contribution < 1.29 is 28.2 Å². The van der Waals surface area contributed by atoms with Gasteiger partial charge in [-0.05, 0) is 24.6 Å². The number of rotatable bonds is 5. The third-order valence-corrected chi connectivity index (χ3v) is 4.30.